The highest BCUT2D eigenvalue weighted by atomic mass is 32.2. The number of benzene rings is 2. The molecule has 0 amide bonds. The predicted molar refractivity (Wildman–Crippen MR) is 133 cm³/mol. The maximum absolute atomic E-state index is 13.0. The fraction of sp³-hybridized carbons (Fsp3) is 0.423. The summed E-state index contributed by atoms with van der Waals surface area (Å²) in [5, 5.41) is 3.61. The van der Waals surface area contributed by atoms with Crippen molar-refractivity contribution in [1.29, 1.82) is 0 Å². The van der Waals surface area contributed by atoms with E-state index in [2.05, 4.69) is 21.9 Å². The van der Waals surface area contributed by atoms with Gasteiger partial charge in [0.05, 0.1) is 16.9 Å². The molecule has 4 rings (SSSR count). The smallest absolute Gasteiger partial charge is 0.261 e. The number of para-hydroxylation sites is 1. The second-order valence-corrected chi connectivity index (χ2v) is 10.8. The lowest BCUT2D eigenvalue weighted by Gasteiger charge is -2.21. The van der Waals surface area contributed by atoms with Crippen LogP contribution in [0.15, 0.2) is 72.1 Å². The van der Waals surface area contributed by atoms with E-state index >= 15 is 0 Å². The van der Waals surface area contributed by atoms with Crippen LogP contribution in [0.1, 0.15) is 57.4 Å². The van der Waals surface area contributed by atoms with Crippen LogP contribution < -0.4 is 10.0 Å². The highest BCUT2D eigenvalue weighted by molar-refractivity contribution is 7.92. The summed E-state index contributed by atoms with van der Waals surface area (Å²) in [7, 11) is -3.69. The Morgan fingerprint density at radius 3 is 2.45 bits per heavy atom. The Bertz CT molecular complexity index is 1100. The normalized spacial score (nSPS) is 16.3. The molecule has 1 fully saturated rings. The van der Waals surface area contributed by atoms with Gasteiger partial charge in [-0.05, 0) is 55.2 Å². The maximum atomic E-state index is 13.0. The van der Waals surface area contributed by atoms with Gasteiger partial charge >= 0.3 is 0 Å². The summed E-state index contributed by atoms with van der Waals surface area (Å²) in [6.45, 7) is 2.87. The summed E-state index contributed by atoms with van der Waals surface area (Å²) < 4.78 is 30.7. The Labute approximate surface area is 197 Å². The number of anilines is 1. The van der Waals surface area contributed by atoms with Crippen molar-refractivity contribution in [2.45, 2.75) is 69.4 Å². The Balaban J connectivity index is 1.39. The van der Waals surface area contributed by atoms with Gasteiger partial charge in [-0.3, -0.25) is 4.72 Å². The molecule has 0 saturated heterocycles. The summed E-state index contributed by atoms with van der Waals surface area (Å²) in [5.41, 5.74) is 2.42. The summed E-state index contributed by atoms with van der Waals surface area (Å²) in [4.78, 5) is 4.26. The standard InChI is InChI=1S/C26H34N4O2S/c1-21(18-22-8-4-2-3-5-9-22)28-19-23-10-6-7-11-26(23)29-33(31,32)25-14-12-24(13-15-25)30-17-16-27-20-30/h6-7,10-17,20-22,28-29H,2-5,8-9,18-19H2,1H3/t21-/m0/s1. The van der Waals surface area contributed by atoms with Crippen molar-refractivity contribution in [3.8, 4) is 5.69 Å². The lowest BCUT2D eigenvalue weighted by Crippen LogP contribution is -2.28. The first-order valence-electron chi connectivity index (χ1n) is 11.9. The van der Waals surface area contributed by atoms with Gasteiger partial charge in [0.15, 0.2) is 0 Å². The van der Waals surface area contributed by atoms with Gasteiger partial charge in [-0.25, -0.2) is 13.4 Å². The lowest BCUT2D eigenvalue weighted by atomic mass is 9.93. The summed E-state index contributed by atoms with van der Waals surface area (Å²) in [5.74, 6) is 0.800. The zero-order valence-corrected chi connectivity index (χ0v) is 20.1. The van der Waals surface area contributed by atoms with E-state index in [0.29, 0.717) is 18.3 Å². The van der Waals surface area contributed by atoms with E-state index in [0.717, 1.165) is 17.2 Å². The summed E-state index contributed by atoms with van der Waals surface area (Å²) >= 11 is 0. The fourth-order valence-corrected chi connectivity index (χ4v) is 5.76. The highest BCUT2D eigenvalue weighted by Crippen LogP contribution is 2.27. The van der Waals surface area contributed by atoms with Crippen molar-refractivity contribution in [2.75, 3.05) is 4.72 Å². The number of nitrogens with one attached hydrogen (secondary N) is 2. The van der Waals surface area contributed by atoms with E-state index in [4.69, 9.17) is 0 Å². The first kappa shape index (κ1) is 23.5. The van der Waals surface area contributed by atoms with Gasteiger partial charge in [0, 0.05) is 30.7 Å². The van der Waals surface area contributed by atoms with E-state index in [1.165, 1.54) is 44.9 Å². The second kappa shape index (κ2) is 11.0. The van der Waals surface area contributed by atoms with Crippen LogP contribution in [0.25, 0.3) is 5.69 Å². The molecule has 2 N–H and O–H groups in total. The van der Waals surface area contributed by atoms with Crippen LogP contribution in [0.4, 0.5) is 5.69 Å². The monoisotopic (exact) mass is 466 g/mol. The van der Waals surface area contributed by atoms with Crippen molar-refractivity contribution < 1.29 is 8.42 Å². The number of imidazole rings is 1. The van der Waals surface area contributed by atoms with Gasteiger partial charge in [-0.2, -0.15) is 0 Å². The lowest BCUT2D eigenvalue weighted by molar-refractivity contribution is 0.363. The molecule has 1 aromatic heterocycles. The van der Waals surface area contributed by atoms with E-state index < -0.39 is 10.0 Å². The maximum Gasteiger partial charge on any atom is 0.261 e. The molecule has 0 aliphatic heterocycles. The Kier molecular flexibility index (Phi) is 7.83. The van der Waals surface area contributed by atoms with Crippen molar-refractivity contribution in [2.24, 2.45) is 5.92 Å². The van der Waals surface area contributed by atoms with Crippen LogP contribution >= 0.6 is 0 Å². The average molecular weight is 467 g/mol. The minimum absolute atomic E-state index is 0.232. The SMILES string of the molecule is C[C@@H](CC1CCCCCC1)NCc1ccccc1NS(=O)(=O)c1ccc(-n2ccnc2)cc1. The van der Waals surface area contributed by atoms with Gasteiger partial charge in [-0.1, -0.05) is 56.7 Å². The zero-order valence-electron chi connectivity index (χ0n) is 19.3. The Morgan fingerprint density at radius 2 is 1.76 bits per heavy atom. The zero-order chi connectivity index (χ0) is 23.1. The molecule has 0 unspecified atom stereocenters. The predicted octanol–water partition coefficient (Wildman–Crippen LogP) is 5.51. The third-order valence-electron chi connectivity index (χ3n) is 6.51. The molecule has 0 spiro atoms. The number of rotatable bonds is 9. The van der Waals surface area contributed by atoms with E-state index in [1.807, 2.05) is 35.0 Å². The van der Waals surface area contributed by atoms with Gasteiger partial charge in [0.1, 0.15) is 0 Å². The second-order valence-electron chi connectivity index (χ2n) is 9.10. The Morgan fingerprint density at radius 1 is 1.03 bits per heavy atom. The summed E-state index contributed by atoms with van der Waals surface area (Å²) in [6, 6.07) is 14.8. The van der Waals surface area contributed by atoms with Crippen LogP contribution in [0.2, 0.25) is 0 Å². The molecule has 33 heavy (non-hydrogen) atoms. The molecule has 0 bridgehead atoms. The van der Waals surface area contributed by atoms with Crippen LogP contribution in [-0.2, 0) is 16.6 Å². The van der Waals surface area contributed by atoms with Crippen molar-refractivity contribution >= 4 is 15.7 Å². The van der Waals surface area contributed by atoms with Crippen molar-refractivity contribution in [3.05, 3.63) is 72.8 Å². The first-order chi connectivity index (χ1) is 16.0. The van der Waals surface area contributed by atoms with Gasteiger partial charge in [0.2, 0.25) is 0 Å². The van der Waals surface area contributed by atoms with E-state index in [1.54, 1.807) is 36.8 Å². The van der Waals surface area contributed by atoms with Crippen LogP contribution in [-0.4, -0.2) is 24.0 Å². The van der Waals surface area contributed by atoms with Crippen LogP contribution in [0, 0.1) is 5.92 Å². The quantitative estimate of drug-likeness (QED) is 0.408. The minimum atomic E-state index is -3.69. The van der Waals surface area contributed by atoms with E-state index in [9.17, 15) is 8.42 Å². The van der Waals surface area contributed by atoms with Gasteiger partial charge in [0.25, 0.3) is 10.0 Å². The molecule has 6 nitrogen and oxygen atoms in total. The average Bonchev–Trinajstić information content (AvgIpc) is 3.24. The number of hydrogen-bond acceptors (Lipinski definition) is 4. The fourth-order valence-electron chi connectivity index (χ4n) is 4.65. The van der Waals surface area contributed by atoms with Crippen molar-refractivity contribution in [1.82, 2.24) is 14.9 Å². The molecule has 7 heteroatoms. The van der Waals surface area contributed by atoms with Crippen molar-refractivity contribution in [3.63, 3.8) is 0 Å². The first-order valence-corrected chi connectivity index (χ1v) is 13.4. The van der Waals surface area contributed by atoms with E-state index in [-0.39, 0.29) is 4.90 Å². The van der Waals surface area contributed by atoms with Gasteiger partial charge < -0.3 is 9.88 Å². The molecular weight excluding hydrogens is 432 g/mol. The molecule has 176 valence electrons. The molecule has 0 radical (unpaired) electrons. The molecule has 2 aromatic carbocycles. The summed E-state index contributed by atoms with van der Waals surface area (Å²) in [6.07, 6.45) is 14.5. The third-order valence-corrected chi connectivity index (χ3v) is 7.90. The highest BCUT2D eigenvalue weighted by Gasteiger charge is 2.18. The minimum Gasteiger partial charge on any atom is -0.310 e. The third kappa shape index (κ3) is 6.45. The number of nitrogens with zero attached hydrogens (tertiary/aromatic N) is 2. The topological polar surface area (TPSA) is 76.0 Å². The van der Waals surface area contributed by atoms with Gasteiger partial charge in [-0.15, -0.1) is 0 Å². The largest absolute Gasteiger partial charge is 0.310 e. The molecule has 1 saturated carbocycles. The molecule has 3 aromatic rings. The molecule has 1 heterocycles. The number of sulfonamides is 1. The van der Waals surface area contributed by atoms with Crippen LogP contribution in [0.3, 0.4) is 0 Å². The molecule has 1 aliphatic rings. The Hall–Kier alpha value is -2.64. The molecule has 1 atom stereocenters. The molecular formula is C26H34N4O2S. The van der Waals surface area contributed by atoms with Crippen LogP contribution in [0.5, 0.6) is 0 Å². The number of aromatic nitrogens is 2. The number of hydrogen-bond donors (Lipinski definition) is 2. The molecule has 1 aliphatic carbocycles.